The van der Waals surface area contributed by atoms with Gasteiger partial charge in [-0.25, -0.2) is 22.4 Å². The van der Waals surface area contributed by atoms with E-state index in [2.05, 4.69) is 5.32 Å². The Morgan fingerprint density at radius 2 is 1.91 bits per heavy atom. The molecular weight excluding hydrogens is 441 g/mol. The summed E-state index contributed by atoms with van der Waals surface area (Å²) >= 11 is 0. The lowest BCUT2D eigenvalue weighted by atomic mass is 9.92. The quantitative estimate of drug-likeness (QED) is 0.705. The zero-order valence-electron chi connectivity index (χ0n) is 18.0. The van der Waals surface area contributed by atoms with Gasteiger partial charge in [-0.3, -0.25) is 4.90 Å². The minimum atomic E-state index is -2.96. The highest BCUT2D eigenvalue weighted by Crippen LogP contribution is 2.37. The number of halogens is 1. The molecule has 3 aliphatic rings. The molecule has 0 radical (unpaired) electrons. The van der Waals surface area contributed by atoms with Crippen LogP contribution in [0.15, 0.2) is 18.2 Å². The first kappa shape index (κ1) is 22.6. The number of rotatable bonds is 5. The fraction of sp³-hybridized carbons (Fsp3) is 0.619. The van der Waals surface area contributed by atoms with Gasteiger partial charge in [0.15, 0.2) is 0 Å². The van der Waals surface area contributed by atoms with Gasteiger partial charge in [0, 0.05) is 13.1 Å². The minimum Gasteiger partial charge on any atom is -0.450 e. The molecule has 0 saturated carbocycles. The number of amides is 2. The lowest BCUT2D eigenvalue weighted by Crippen LogP contribution is -2.35. The van der Waals surface area contributed by atoms with Gasteiger partial charge < -0.3 is 19.7 Å². The van der Waals surface area contributed by atoms with Gasteiger partial charge in [-0.1, -0.05) is 0 Å². The van der Waals surface area contributed by atoms with Crippen LogP contribution in [0.3, 0.4) is 0 Å². The van der Waals surface area contributed by atoms with Crippen molar-refractivity contribution in [2.45, 2.75) is 25.9 Å². The Hall–Kier alpha value is -2.56. The van der Waals surface area contributed by atoms with Gasteiger partial charge >= 0.3 is 12.2 Å². The van der Waals surface area contributed by atoms with Crippen LogP contribution in [0.1, 0.15) is 19.8 Å². The molecule has 3 aliphatic heterocycles. The summed E-state index contributed by atoms with van der Waals surface area (Å²) in [5.41, 5.74) is 0.840. The van der Waals surface area contributed by atoms with Crippen molar-refractivity contribution in [2.24, 2.45) is 11.8 Å². The lowest BCUT2D eigenvalue weighted by Gasteiger charge is -2.21. The van der Waals surface area contributed by atoms with Crippen molar-refractivity contribution in [3.63, 3.8) is 0 Å². The molecule has 9 nitrogen and oxygen atoms in total. The van der Waals surface area contributed by atoms with Crippen LogP contribution < -0.4 is 15.1 Å². The molecule has 0 bridgehead atoms. The molecule has 2 amide bonds. The summed E-state index contributed by atoms with van der Waals surface area (Å²) in [6.07, 6.45) is -0.514. The SMILES string of the molecule is CCOC(=O)NC[C@H]1CN(c2ccc(N3CC4CCS(=O)(=O)CCC4C3)c(F)c2)C(=O)O1. The third kappa shape index (κ3) is 4.92. The van der Waals surface area contributed by atoms with Crippen LogP contribution in [0.4, 0.5) is 25.4 Å². The van der Waals surface area contributed by atoms with Gasteiger partial charge in [-0.05, 0) is 49.8 Å². The molecule has 32 heavy (non-hydrogen) atoms. The summed E-state index contributed by atoms with van der Waals surface area (Å²) in [5, 5.41) is 2.53. The molecular formula is C21H28FN3O6S. The predicted octanol–water partition coefficient (Wildman–Crippen LogP) is 2.16. The van der Waals surface area contributed by atoms with E-state index in [1.54, 1.807) is 19.1 Å². The third-order valence-electron chi connectivity index (χ3n) is 6.38. The van der Waals surface area contributed by atoms with Crippen LogP contribution in [0.5, 0.6) is 0 Å². The second kappa shape index (κ2) is 9.13. The second-order valence-corrected chi connectivity index (χ2v) is 10.8. The molecule has 3 atom stereocenters. The number of cyclic esters (lactones) is 1. The number of sulfone groups is 1. The maximum atomic E-state index is 15.0. The third-order valence-corrected chi connectivity index (χ3v) is 8.10. The summed E-state index contributed by atoms with van der Waals surface area (Å²) in [4.78, 5) is 27.0. The first-order valence-corrected chi connectivity index (χ1v) is 12.7. The number of hydrogen-bond donors (Lipinski definition) is 1. The van der Waals surface area contributed by atoms with Gasteiger partial charge in [-0.15, -0.1) is 0 Å². The Morgan fingerprint density at radius 3 is 2.53 bits per heavy atom. The van der Waals surface area contributed by atoms with Crippen molar-refractivity contribution in [3.05, 3.63) is 24.0 Å². The maximum Gasteiger partial charge on any atom is 0.414 e. The number of benzene rings is 1. The number of carbonyl (C=O) groups is 2. The average Bonchev–Trinajstić information content (AvgIpc) is 3.29. The number of ether oxygens (including phenoxy) is 2. The Morgan fingerprint density at radius 1 is 1.22 bits per heavy atom. The molecule has 176 valence electrons. The Bertz CT molecular complexity index is 966. The molecule has 11 heteroatoms. The molecule has 4 rings (SSSR count). The summed E-state index contributed by atoms with van der Waals surface area (Å²) in [6, 6.07) is 4.65. The number of alkyl carbamates (subject to hydrolysis) is 1. The smallest absolute Gasteiger partial charge is 0.414 e. The number of hydrogen-bond acceptors (Lipinski definition) is 7. The van der Waals surface area contributed by atoms with Crippen molar-refractivity contribution in [2.75, 3.05) is 54.1 Å². The fourth-order valence-corrected chi connectivity index (χ4v) is 6.22. The molecule has 3 saturated heterocycles. The van der Waals surface area contributed by atoms with Gasteiger partial charge in [0.1, 0.15) is 21.8 Å². The highest BCUT2D eigenvalue weighted by atomic mass is 32.2. The Labute approximate surface area is 186 Å². The molecule has 0 spiro atoms. The number of carbonyl (C=O) groups excluding carboxylic acids is 2. The average molecular weight is 470 g/mol. The van der Waals surface area contributed by atoms with Crippen molar-refractivity contribution >= 4 is 33.4 Å². The first-order valence-electron chi connectivity index (χ1n) is 10.9. The van der Waals surface area contributed by atoms with Gasteiger partial charge in [0.05, 0.1) is 42.6 Å². The molecule has 1 aromatic rings. The largest absolute Gasteiger partial charge is 0.450 e. The summed E-state index contributed by atoms with van der Waals surface area (Å²) in [6.45, 7) is 3.48. The molecule has 3 fully saturated rings. The molecule has 1 aromatic carbocycles. The van der Waals surface area contributed by atoms with E-state index in [1.165, 1.54) is 11.0 Å². The zero-order valence-corrected chi connectivity index (χ0v) is 18.8. The van der Waals surface area contributed by atoms with Crippen LogP contribution in [0, 0.1) is 17.7 Å². The van der Waals surface area contributed by atoms with Crippen molar-refractivity contribution in [1.29, 1.82) is 0 Å². The number of fused-ring (bicyclic) bond motifs is 1. The molecule has 1 N–H and O–H groups in total. The van der Waals surface area contributed by atoms with E-state index in [9.17, 15) is 18.0 Å². The van der Waals surface area contributed by atoms with Gasteiger partial charge in [0.25, 0.3) is 0 Å². The number of nitrogens with zero attached hydrogens (tertiary/aromatic N) is 2. The predicted molar refractivity (Wildman–Crippen MR) is 116 cm³/mol. The van der Waals surface area contributed by atoms with Crippen molar-refractivity contribution in [3.8, 4) is 0 Å². The van der Waals surface area contributed by atoms with E-state index in [0.717, 1.165) is 0 Å². The van der Waals surface area contributed by atoms with Gasteiger partial charge in [0.2, 0.25) is 0 Å². The Kier molecular flexibility index (Phi) is 6.45. The van der Waals surface area contributed by atoms with Crippen molar-refractivity contribution < 1.29 is 31.9 Å². The van der Waals surface area contributed by atoms with E-state index in [-0.39, 0.29) is 43.0 Å². The van der Waals surface area contributed by atoms with Crippen LogP contribution in [-0.2, 0) is 19.3 Å². The first-order chi connectivity index (χ1) is 15.3. The van der Waals surface area contributed by atoms with Crippen LogP contribution in [-0.4, -0.2) is 71.0 Å². The standard InChI is InChI=1S/C21H28FN3O6S/c1-2-30-20(26)23-10-17-13-25(21(27)31-17)16-3-4-19(18(22)9-16)24-11-14-5-7-32(28,29)8-6-15(14)12-24/h3-4,9,14-15,17H,2,5-8,10-13H2,1H3,(H,23,26)/t14?,15?,17-/m0/s1. The summed E-state index contributed by atoms with van der Waals surface area (Å²) in [5.74, 6) is 0.451. The highest BCUT2D eigenvalue weighted by Gasteiger charge is 2.38. The van der Waals surface area contributed by atoms with E-state index in [1.807, 2.05) is 4.90 Å². The van der Waals surface area contributed by atoms with Crippen LogP contribution in [0.25, 0.3) is 0 Å². The highest BCUT2D eigenvalue weighted by molar-refractivity contribution is 7.91. The van der Waals surface area contributed by atoms with E-state index in [4.69, 9.17) is 9.47 Å². The van der Waals surface area contributed by atoms with Crippen LogP contribution in [0.2, 0.25) is 0 Å². The van der Waals surface area contributed by atoms with E-state index >= 15 is 4.39 Å². The number of nitrogens with one attached hydrogen (secondary N) is 1. The zero-order chi connectivity index (χ0) is 22.9. The molecule has 2 unspecified atom stereocenters. The van der Waals surface area contributed by atoms with E-state index in [0.29, 0.717) is 37.3 Å². The topological polar surface area (TPSA) is 105 Å². The number of anilines is 2. The summed E-state index contributed by atoms with van der Waals surface area (Å²) < 4.78 is 48.8. The Balaban J connectivity index is 1.39. The summed E-state index contributed by atoms with van der Waals surface area (Å²) in [7, 11) is -2.96. The second-order valence-electron chi connectivity index (χ2n) is 8.51. The minimum absolute atomic E-state index is 0.105. The maximum absolute atomic E-state index is 15.0. The molecule has 0 aliphatic carbocycles. The van der Waals surface area contributed by atoms with Crippen LogP contribution >= 0.6 is 0 Å². The lowest BCUT2D eigenvalue weighted by molar-refractivity contribution is 0.127. The molecule has 0 aromatic heterocycles. The fourth-order valence-electron chi connectivity index (χ4n) is 4.69. The molecule has 3 heterocycles. The van der Waals surface area contributed by atoms with Gasteiger partial charge in [-0.2, -0.15) is 0 Å². The monoisotopic (exact) mass is 469 g/mol. The van der Waals surface area contributed by atoms with Crippen molar-refractivity contribution in [1.82, 2.24) is 5.32 Å². The van der Waals surface area contributed by atoms with E-state index < -0.39 is 33.9 Å². The normalized spacial score (nSPS) is 26.9.